The molecule has 1 aliphatic heterocycles. The van der Waals surface area contributed by atoms with Gasteiger partial charge in [0.1, 0.15) is 0 Å². The average Bonchev–Trinajstić information content (AvgIpc) is 2.73. The fourth-order valence-electron chi connectivity index (χ4n) is 3.60. The number of nitrogens with one attached hydrogen (secondary N) is 1. The third-order valence-electron chi connectivity index (χ3n) is 5.15. The van der Waals surface area contributed by atoms with Crippen LogP contribution in [0.15, 0.2) is 65.6 Å². The molecule has 1 heterocycles. The number of anilines is 2. The van der Waals surface area contributed by atoms with Crippen LogP contribution in [0.3, 0.4) is 0 Å². The molecule has 0 amide bonds. The van der Waals surface area contributed by atoms with Crippen LogP contribution in [0, 0.1) is 0 Å². The highest BCUT2D eigenvalue weighted by Crippen LogP contribution is 2.34. The predicted octanol–water partition coefficient (Wildman–Crippen LogP) is 4.15. The summed E-state index contributed by atoms with van der Waals surface area (Å²) in [7, 11) is -2.15. The molecule has 0 aromatic heterocycles. The molecule has 1 N–H and O–H groups in total. The number of nitrogens with zero attached hydrogens (tertiary/aromatic N) is 2. The Kier molecular flexibility index (Phi) is 6.58. The van der Waals surface area contributed by atoms with Gasteiger partial charge in [-0.3, -0.25) is 4.31 Å². The monoisotopic (exact) mass is 451 g/mol. The van der Waals surface area contributed by atoms with Crippen LogP contribution in [-0.2, 0) is 10.0 Å². The van der Waals surface area contributed by atoms with Crippen molar-refractivity contribution in [3.05, 3.63) is 65.7 Å². The number of hydrogen-bond donors (Lipinski definition) is 1. The lowest BCUT2D eigenvalue weighted by atomic mass is 10.1. The van der Waals surface area contributed by atoms with E-state index in [1.54, 1.807) is 37.4 Å². The third kappa shape index (κ3) is 4.16. The summed E-state index contributed by atoms with van der Waals surface area (Å²) < 4.78 is 28.1. The van der Waals surface area contributed by atoms with Gasteiger partial charge in [0.05, 0.1) is 10.6 Å². The fraction of sp³-hybridized carbons (Fsp3) is 0.238. The summed E-state index contributed by atoms with van der Waals surface area (Å²) in [5.41, 5.74) is 1.64. The number of piperazine rings is 1. The molecule has 0 bridgehead atoms. The molecule has 154 valence electrons. The predicted molar refractivity (Wildman–Crippen MR) is 123 cm³/mol. The van der Waals surface area contributed by atoms with Crippen LogP contribution < -0.4 is 14.5 Å². The Balaban J connectivity index is 0.00000240. The normalized spacial score (nSPS) is 14.5. The fourth-order valence-corrected chi connectivity index (χ4v) is 5.12. The van der Waals surface area contributed by atoms with Crippen LogP contribution in [0.1, 0.15) is 0 Å². The SMILES string of the molecule is CN(c1ccc(Cl)cc1)S(=O)(=O)c1ccc(N2CCNCC2)c2ccccc12.Cl. The number of halogens is 2. The molecule has 0 unspecified atom stereocenters. The molecule has 1 fully saturated rings. The Morgan fingerprint density at radius 1 is 0.931 bits per heavy atom. The summed E-state index contributed by atoms with van der Waals surface area (Å²) in [4.78, 5) is 2.61. The summed E-state index contributed by atoms with van der Waals surface area (Å²) >= 11 is 5.94. The van der Waals surface area contributed by atoms with E-state index in [-0.39, 0.29) is 12.4 Å². The van der Waals surface area contributed by atoms with Gasteiger partial charge in [-0.25, -0.2) is 8.42 Å². The minimum Gasteiger partial charge on any atom is -0.368 e. The molecule has 3 aromatic carbocycles. The van der Waals surface area contributed by atoms with E-state index in [2.05, 4.69) is 10.2 Å². The highest BCUT2D eigenvalue weighted by Gasteiger charge is 2.25. The van der Waals surface area contributed by atoms with E-state index in [1.165, 1.54) is 4.31 Å². The van der Waals surface area contributed by atoms with Gasteiger partial charge in [0, 0.05) is 54.7 Å². The van der Waals surface area contributed by atoms with Crippen molar-refractivity contribution in [1.82, 2.24) is 5.32 Å². The molecule has 1 aliphatic rings. The summed E-state index contributed by atoms with van der Waals surface area (Å²) in [5, 5.41) is 5.61. The van der Waals surface area contributed by atoms with Gasteiger partial charge in [-0.1, -0.05) is 35.9 Å². The zero-order valence-corrected chi connectivity index (χ0v) is 18.4. The van der Waals surface area contributed by atoms with Crippen molar-refractivity contribution in [3.8, 4) is 0 Å². The molecule has 0 saturated carbocycles. The maximum absolute atomic E-state index is 13.4. The minimum atomic E-state index is -3.72. The van der Waals surface area contributed by atoms with Crippen molar-refractivity contribution in [2.24, 2.45) is 0 Å². The van der Waals surface area contributed by atoms with Crippen LogP contribution >= 0.6 is 24.0 Å². The Labute approximate surface area is 182 Å². The minimum absolute atomic E-state index is 0. The van der Waals surface area contributed by atoms with Gasteiger partial charge >= 0.3 is 0 Å². The molecule has 5 nitrogen and oxygen atoms in total. The van der Waals surface area contributed by atoms with E-state index in [4.69, 9.17) is 11.6 Å². The van der Waals surface area contributed by atoms with Crippen molar-refractivity contribution >= 4 is 56.2 Å². The second-order valence-corrected chi connectivity index (χ2v) is 9.19. The lowest BCUT2D eigenvalue weighted by molar-refractivity contribution is 0.589. The van der Waals surface area contributed by atoms with Gasteiger partial charge in [-0.15, -0.1) is 12.4 Å². The van der Waals surface area contributed by atoms with Crippen LogP contribution in [0.4, 0.5) is 11.4 Å². The first-order valence-electron chi connectivity index (χ1n) is 9.20. The van der Waals surface area contributed by atoms with Gasteiger partial charge in [0.25, 0.3) is 10.0 Å². The molecular weight excluding hydrogens is 429 g/mol. The lowest BCUT2D eigenvalue weighted by Gasteiger charge is -2.31. The number of sulfonamides is 1. The molecule has 0 spiro atoms. The standard InChI is InChI=1S/C21H22ClN3O2S.ClH/c1-24(17-8-6-16(22)7-9-17)28(26,27)21-11-10-20(25-14-12-23-13-15-25)18-4-2-3-5-19(18)21;/h2-11,23H,12-15H2,1H3;1H. The largest absolute Gasteiger partial charge is 0.368 e. The summed E-state index contributed by atoms with van der Waals surface area (Å²) in [5.74, 6) is 0. The Morgan fingerprint density at radius 2 is 1.55 bits per heavy atom. The second kappa shape index (κ2) is 8.79. The van der Waals surface area contributed by atoms with Crippen molar-refractivity contribution in [2.75, 3.05) is 42.4 Å². The first-order valence-corrected chi connectivity index (χ1v) is 11.0. The smallest absolute Gasteiger partial charge is 0.264 e. The van der Waals surface area contributed by atoms with Crippen LogP contribution in [0.2, 0.25) is 5.02 Å². The van der Waals surface area contributed by atoms with Crippen molar-refractivity contribution in [3.63, 3.8) is 0 Å². The van der Waals surface area contributed by atoms with E-state index < -0.39 is 10.0 Å². The average molecular weight is 452 g/mol. The Morgan fingerprint density at radius 3 is 2.21 bits per heavy atom. The maximum atomic E-state index is 13.4. The van der Waals surface area contributed by atoms with E-state index in [1.807, 2.05) is 30.3 Å². The lowest BCUT2D eigenvalue weighted by Crippen LogP contribution is -2.43. The van der Waals surface area contributed by atoms with Gasteiger partial charge in [-0.2, -0.15) is 0 Å². The number of hydrogen-bond acceptors (Lipinski definition) is 4. The maximum Gasteiger partial charge on any atom is 0.264 e. The Hall–Kier alpha value is -1.99. The van der Waals surface area contributed by atoms with E-state index in [0.29, 0.717) is 15.6 Å². The third-order valence-corrected chi connectivity index (χ3v) is 7.24. The van der Waals surface area contributed by atoms with E-state index in [0.717, 1.165) is 42.6 Å². The molecule has 4 rings (SSSR count). The van der Waals surface area contributed by atoms with E-state index in [9.17, 15) is 8.42 Å². The second-order valence-electron chi connectivity index (χ2n) is 6.81. The highest BCUT2D eigenvalue weighted by molar-refractivity contribution is 7.93. The molecule has 3 aromatic rings. The summed E-state index contributed by atoms with van der Waals surface area (Å²) in [6, 6.07) is 18.1. The molecule has 0 radical (unpaired) electrons. The van der Waals surface area contributed by atoms with Crippen LogP contribution in [0.25, 0.3) is 10.8 Å². The quantitative estimate of drug-likeness (QED) is 0.646. The van der Waals surface area contributed by atoms with Gasteiger partial charge in [0.2, 0.25) is 0 Å². The van der Waals surface area contributed by atoms with Gasteiger partial charge in [0.15, 0.2) is 0 Å². The first-order chi connectivity index (χ1) is 13.5. The van der Waals surface area contributed by atoms with Crippen molar-refractivity contribution in [2.45, 2.75) is 4.90 Å². The summed E-state index contributed by atoms with van der Waals surface area (Å²) in [6.07, 6.45) is 0. The van der Waals surface area contributed by atoms with Gasteiger partial charge < -0.3 is 10.2 Å². The first kappa shape index (κ1) is 21.7. The Bertz CT molecular complexity index is 1100. The van der Waals surface area contributed by atoms with Crippen molar-refractivity contribution < 1.29 is 8.42 Å². The molecule has 29 heavy (non-hydrogen) atoms. The molecule has 1 saturated heterocycles. The number of rotatable bonds is 4. The molecular formula is C21H23Cl2N3O2S. The zero-order chi connectivity index (χ0) is 19.7. The number of fused-ring (bicyclic) bond motifs is 1. The summed E-state index contributed by atoms with van der Waals surface area (Å²) in [6.45, 7) is 3.66. The highest BCUT2D eigenvalue weighted by atomic mass is 35.5. The topological polar surface area (TPSA) is 52.7 Å². The molecule has 8 heteroatoms. The van der Waals surface area contributed by atoms with Crippen LogP contribution in [-0.4, -0.2) is 41.6 Å². The molecule has 0 aliphatic carbocycles. The molecule has 0 atom stereocenters. The van der Waals surface area contributed by atoms with Gasteiger partial charge in [-0.05, 0) is 36.4 Å². The van der Waals surface area contributed by atoms with Crippen LogP contribution in [0.5, 0.6) is 0 Å². The zero-order valence-electron chi connectivity index (χ0n) is 16.0. The van der Waals surface area contributed by atoms with Crippen molar-refractivity contribution in [1.29, 1.82) is 0 Å². The number of benzene rings is 3. The van der Waals surface area contributed by atoms with E-state index >= 15 is 0 Å².